The van der Waals surface area contributed by atoms with Crippen LogP contribution in [0.3, 0.4) is 0 Å². The lowest BCUT2D eigenvalue weighted by Gasteiger charge is -2.07. The first-order chi connectivity index (χ1) is 10.6. The third-order valence-corrected chi connectivity index (χ3v) is 2.90. The van der Waals surface area contributed by atoms with Gasteiger partial charge in [-0.05, 0) is 18.2 Å². The molecule has 114 valence electrons. The van der Waals surface area contributed by atoms with Gasteiger partial charge in [-0.2, -0.15) is 0 Å². The summed E-state index contributed by atoms with van der Waals surface area (Å²) in [5, 5.41) is 3.53. The zero-order chi connectivity index (χ0) is 15.9. The zero-order valence-corrected chi connectivity index (χ0v) is 12.0. The van der Waals surface area contributed by atoms with Gasteiger partial charge in [0, 0.05) is 12.0 Å². The second-order valence-corrected chi connectivity index (χ2v) is 4.43. The van der Waals surface area contributed by atoms with Gasteiger partial charge in [-0.1, -0.05) is 35.5 Å². The van der Waals surface area contributed by atoms with E-state index in [9.17, 15) is 9.18 Å². The number of hydrogen-bond donors (Lipinski definition) is 1. The SMILES string of the molecule is COc1ccccc1C/C(N)=N/OC(=O)c1ccccc1F. The number of nitrogens with zero attached hydrogens (tertiary/aromatic N) is 1. The Morgan fingerprint density at radius 2 is 1.86 bits per heavy atom. The molecule has 2 N–H and O–H groups in total. The second kappa shape index (κ2) is 7.21. The topological polar surface area (TPSA) is 73.9 Å². The first kappa shape index (κ1) is 15.5. The summed E-state index contributed by atoms with van der Waals surface area (Å²) in [4.78, 5) is 16.4. The summed E-state index contributed by atoms with van der Waals surface area (Å²) >= 11 is 0. The van der Waals surface area contributed by atoms with Crippen molar-refractivity contribution in [2.75, 3.05) is 7.11 Å². The molecule has 2 rings (SSSR count). The molecule has 0 atom stereocenters. The molecule has 0 aliphatic carbocycles. The molecule has 0 aliphatic rings. The fraction of sp³-hybridized carbons (Fsp3) is 0.125. The Morgan fingerprint density at radius 3 is 2.59 bits per heavy atom. The smallest absolute Gasteiger partial charge is 0.368 e. The number of nitrogens with two attached hydrogens (primary N) is 1. The van der Waals surface area contributed by atoms with E-state index in [4.69, 9.17) is 10.5 Å². The van der Waals surface area contributed by atoms with Crippen molar-refractivity contribution in [3.63, 3.8) is 0 Å². The molecule has 0 radical (unpaired) electrons. The summed E-state index contributed by atoms with van der Waals surface area (Å²) in [5.41, 5.74) is 6.32. The van der Waals surface area contributed by atoms with Crippen molar-refractivity contribution in [1.82, 2.24) is 0 Å². The highest BCUT2D eigenvalue weighted by molar-refractivity contribution is 5.90. The van der Waals surface area contributed by atoms with E-state index in [2.05, 4.69) is 9.99 Å². The van der Waals surface area contributed by atoms with Gasteiger partial charge in [0.05, 0.1) is 12.7 Å². The Balaban J connectivity index is 2.04. The van der Waals surface area contributed by atoms with E-state index in [1.54, 1.807) is 13.2 Å². The number of rotatable bonds is 5. The number of halogens is 1. The van der Waals surface area contributed by atoms with E-state index in [1.165, 1.54) is 24.3 Å². The van der Waals surface area contributed by atoms with Crippen LogP contribution in [-0.2, 0) is 11.3 Å². The number of ether oxygens (including phenoxy) is 1. The van der Waals surface area contributed by atoms with Gasteiger partial charge in [-0.15, -0.1) is 0 Å². The van der Waals surface area contributed by atoms with Crippen LogP contribution in [0.2, 0.25) is 0 Å². The van der Waals surface area contributed by atoms with E-state index in [0.717, 1.165) is 5.56 Å². The number of carbonyl (C=O) groups excluding carboxylic acids is 1. The highest BCUT2D eigenvalue weighted by atomic mass is 19.1. The maximum atomic E-state index is 13.4. The van der Waals surface area contributed by atoms with Crippen LogP contribution in [-0.4, -0.2) is 18.9 Å². The normalized spacial score (nSPS) is 11.1. The Labute approximate surface area is 127 Å². The van der Waals surface area contributed by atoms with Crippen LogP contribution in [0.5, 0.6) is 5.75 Å². The quantitative estimate of drug-likeness (QED) is 0.398. The first-order valence-corrected chi connectivity index (χ1v) is 6.52. The average Bonchev–Trinajstić information content (AvgIpc) is 2.53. The average molecular weight is 302 g/mol. The van der Waals surface area contributed by atoms with E-state index in [0.29, 0.717) is 5.75 Å². The minimum Gasteiger partial charge on any atom is -0.496 e. The van der Waals surface area contributed by atoms with Crippen LogP contribution >= 0.6 is 0 Å². The summed E-state index contributed by atoms with van der Waals surface area (Å²) in [6.45, 7) is 0. The van der Waals surface area contributed by atoms with Gasteiger partial charge >= 0.3 is 5.97 Å². The Morgan fingerprint density at radius 1 is 1.18 bits per heavy atom. The predicted molar refractivity (Wildman–Crippen MR) is 80.1 cm³/mol. The third kappa shape index (κ3) is 3.82. The zero-order valence-electron chi connectivity index (χ0n) is 12.0. The standard InChI is InChI=1S/C16H15FN2O3/c1-21-14-9-5-2-6-11(14)10-15(18)19-22-16(20)12-7-3-4-8-13(12)17/h2-9H,10H2,1H3,(H2,18,19). The molecule has 0 bridgehead atoms. The minimum absolute atomic E-state index is 0.0780. The number of amidine groups is 1. The number of hydrogen-bond acceptors (Lipinski definition) is 4. The van der Waals surface area contributed by atoms with Crippen LogP contribution in [0.15, 0.2) is 53.7 Å². The molecule has 2 aromatic carbocycles. The van der Waals surface area contributed by atoms with Gasteiger partial charge in [-0.25, -0.2) is 9.18 Å². The number of carbonyl (C=O) groups is 1. The Bertz CT molecular complexity index is 701. The van der Waals surface area contributed by atoms with Crippen molar-refractivity contribution >= 4 is 11.8 Å². The molecule has 6 heteroatoms. The molecule has 0 aromatic heterocycles. The monoisotopic (exact) mass is 302 g/mol. The van der Waals surface area contributed by atoms with Crippen LogP contribution in [0.1, 0.15) is 15.9 Å². The maximum absolute atomic E-state index is 13.4. The lowest BCUT2D eigenvalue weighted by atomic mass is 10.1. The number of para-hydroxylation sites is 1. The number of oxime groups is 1. The van der Waals surface area contributed by atoms with Gasteiger partial charge in [0.15, 0.2) is 0 Å². The summed E-state index contributed by atoms with van der Waals surface area (Å²) in [6, 6.07) is 12.7. The first-order valence-electron chi connectivity index (χ1n) is 6.52. The van der Waals surface area contributed by atoms with Gasteiger partial charge < -0.3 is 15.3 Å². The fourth-order valence-corrected chi connectivity index (χ4v) is 1.85. The molecular formula is C16H15FN2O3. The molecule has 0 fully saturated rings. The molecule has 0 saturated carbocycles. The van der Waals surface area contributed by atoms with E-state index >= 15 is 0 Å². The number of benzene rings is 2. The van der Waals surface area contributed by atoms with Gasteiger partial charge in [-0.3, -0.25) is 0 Å². The van der Waals surface area contributed by atoms with E-state index in [1.807, 2.05) is 18.2 Å². The lowest BCUT2D eigenvalue weighted by Crippen LogP contribution is -2.17. The van der Waals surface area contributed by atoms with Crippen molar-refractivity contribution in [3.8, 4) is 5.75 Å². The van der Waals surface area contributed by atoms with Crippen LogP contribution < -0.4 is 10.5 Å². The van der Waals surface area contributed by atoms with Crippen molar-refractivity contribution in [3.05, 3.63) is 65.5 Å². The molecule has 5 nitrogen and oxygen atoms in total. The maximum Gasteiger partial charge on any atom is 0.368 e. The number of methoxy groups -OCH3 is 1. The van der Waals surface area contributed by atoms with Crippen LogP contribution in [0.4, 0.5) is 4.39 Å². The molecule has 0 heterocycles. The molecule has 0 amide bonds. The lowest BCUT2D eigenvalue weighted by molar-refractivity contribution is 0.0509. The summed E-state index contributed by atoms with van der Waals surface area (Å²) in [7, 11) is 1.55. The summed E-state index contributed by atoms with van der Waals surface area (Å²) < 4.78 is 18.6. The molecular weight excluding hydrogens is 287 g/mol. The van der Waals surface area contributed by atoms with Gasteiger partial charge in [0.25, 0.3) is 0 Å². The molecule has 0 unspecified atom stereocenters. The minimum atomic E-state index is -0.902. The van der Waals surface area contributed by atoms with Crippen molar-refractivity contribution in [2.24, 2.45) is 10.9 Å². The molecule has 0 spiro atoms. The van der Waals surface area contributed by atoms with Crippen molar-refractivity contribution in [2.45, 2.75) is 6.42 Å². The van der Waals surface area contributed by atoms with Crippen molar-refractivity contribution < 1.29 is 18.8 Å². The van der Waals surface area contributed by atoms with Gasteiger partial charge in [0.1, 0.15) is 17.4 Å². The molecule has 0 saturated heterocycles. The molecule has 2 aromatic rings. The van der Waals surface area contributed by atoms with E-state index < -0.39 is 11.8 Å². The Kier molecular flexibility index (Phi) is 5.08. The predicted octanol–water partition coefficient (Wildman–Crippen LogP) is 2.51. The highest BCUT2D eigenvalue weighted by Gasteiger charge is 2.13. The fourth-order valence-electron chi connectivity index (χ4n) is 1.85. The van der Waals surface area contributed by atoms with E-state index in [-0.39, 0.29) is 17.8 Å². The van der Waals surface area contributed by atoms with Crippen molar-refractivity contribution in [1.29, 1.82) is 0 Å². The summed E-state index contributed by atoms with van der Waals surface area (Å²) in [5.74, 6) is -0.845. The van der Waals surface area contributed by atoms with Crippen LogP contribution in [0.25, 0.3) is 0 Å². The van der Waals surface area contributed by atoms with Crippen LogP contribution in [0, 0.1) is 5.82 Å². The van der Waals surface area contributed by atoms with Gasteiger partial charge in [0.2, 0.25) is 0 Å². The third-order valence-electron chi connectivity index (χ3n) is 2.90. The largest absolute Gasteiger partial charge is 0.496 e. The molecule has 22 heavy (non-hydrogen) atoms. The molecule has 0 aliphatic heterocycles. The second-order valence-electron chi connectivity index (χ2n) is 4.43. The summed E-state index contributed by atoms with van der Waals surface area (Å²) in [6.07, 6.45) is 0.245. The highest BCUT2D eigenvalue weighted by Crippen LogP contribution is 2.17. The Hall–Kier alpha value is -2.89.